The predicted octanol–water partition coefficient (Wildman–Crippen LogP) is 2.13. The molecule has 0 radical (unpaired) electrons. The molecule has 2 aromatic rings. The molecule has 1 N–H and O–H groups in total. The summed E-state index contributed by atoms with van der Waals surface area (Å²) in [7, 11) is 1.30. The van der Waals surface area contributed by atoms with Crippen LogP contribution >= 0.6 is 0 Å². The van der Waals surface area contributed by atoms with Gasteiger partial charge in [-0.3, -0.25) is 9.59 Å². The first-order valence-corrected chi connectivity index (χ1v) is 5.91. The maximum Gasteiger partial charge on any atom is 0.306 e. The van der Waals surface area contributed by atoms with Crippen molar-refractivity contribution in [3.05, 3.63) is 36.4 Å². The van der Waals surface area contributed by atoms with E-state index in [0.29, 0.717) is 5.82 Å². The van der Waals surface area contributed by atoms with E-state index in [1.54, 1.807) is 6.07 Å². The summed E-state index contributed by atoms with van der Waals surface area (Å²) < 4.78 is 4.47. The summed E-state index contributed by atoms with van der Waals surface area (Å²) in [6.07, 6.45) is 0.150. The highest BCUT2D eigenvalue weighted by atomic mass is 16.5. The number of nitrogens with one attached hydrogen (secondary N) is 1. The molecular weight excluding hydrogens is 244 g/mol. The SMILES string of the molecule is COC(=O)CCC(=O)Nc1ccc2ccccc2n1. The van der Waals surface area contributed by atoms with E-state index in [4.69, 9.17) is 0 Å². The topological polar surface area (TPSA) is 68.3 Å². The lowest BCUT2D eigenvalue weighted by Crippen LogP contribution is -2.14. The van der Waals surface area contributed by atoms with E-state index in [1.165, 1.54) is 7.11 Å². The highest BCUT2D eigenvalue weighted by Crippen LogP contribution is 2.14. The van der Waals surface area contributed by atoms with Gasteiger partial charge in [0.05, 0.1) is 19.0 Å². The van der Waals surface area contributed by atoms with Crippen LogP contribution in [0.3, 0.4) is 0 Å². The summed E-state index contributed by atoms with van der Waals surface area (Å²) in [4.78, 5) is 26.9. The molecule has 0 aliphatic heterocycles. The number of rotatable bonds is 4. The smallest absolute Gasteiger partial charge is 0.306 e. The highest BCUT2D eigenvalue weighted by Gasteiger charge is 2.07. The fraction of sp³-hybridized carbons (Fsp3) is 0.214. The second kappa shape index (κ2) is 5.95. The molecule has 2 rings (SSSR count). The Morgan fingerprint density at radius 1 is 1.16 bits per heavy atom. The zero-order chi connectivity index (χ0) is 13.7. The summed E-state index contributed by atoms with van der Waals surface area (Å²) in [6.45, 7) is 0. The number of ether oxygens (including phenoxy) is 1. The van der Waals surface area contributed by atoms with Crippen molar-refractivity contribution in [1.29, 1.82) is 0 Å². The van der Waals surface area contributed by atoms with Crippen LogP contribution in [-0.4, -0.2) is 24.0 Å². The molecule has 19 heavy (non-hydrogen) atoms. The predicted molar refractivity (Wildman–Crippen MR) is 71.6 cm³/mol. The Hall–Kier alpha value is -2.43. The summed E-state index contributed by atoms with van der Waals surface area (Å²) in [5, 5.41) is 3.67. The Balaban J connectivity index is 2.01. The van der Waals surface area contributed by atoms with Gasteiger partial charge in [0.25, 0.3) is 0 Å². The third-order valence-corrected chi connectivity index (χ3v) is 2.65. The van der Waals surface area contributed by atoms with Crippen LogP contribution in [0.25, 0.3) is 10.9 Å². The van der Waals surface area contributed by atoms with E-state index in [2.05, 4.69) is 15.0 Å². The number of carbonyl (C=O) groups excluding carboxylic acids is 2. The number of esters is 1. The summed E-state index contributed by atoms with van der Waals surface area (Å²) in [6, 6.07) is 11.3. The number of amides is 1. The van der Waals surface area contributed by atoms with Crippen molar-refractivity contribution in [1.82, 2.24) is 4.98 Å². The zero-order valence-corrected chi connectivity index (χ0v) is 10.6. The fourth-order valence-electron chi connectivity index (χ4n) is 1.66. The van der Waals surface area contributed by atoms with Crippen molar-refractivity contribution in [3.63, 3.8) is 0 Å². The average Bonchev–Trinajstić information content (AvgIpc) is 2.44. The van der Waals surface area contributed by atoms with Gasteiger partial charge in [-0.05, 0) is 18.2 Å². The molecule has 0 fully saturated rings. The number of benzene rings is 1. The standard InChI is InChI=1S/C14H14N2O3/c1-19-14(18)9-8-13(17)16-12-7-6-10-4-2-3-5-11(10)15-12/h2-7H,8-9H2,1H3,(H,15,16,17). The lowest BCUT2D eigenvalue weighted by molar-refractivity contribution is -0.141. The molecular formula is C14H14N2O3. The van der Waals surface area contributed by atoms with Gasteiger partial charge in [0.2, 0.25) is 5.91 Å². The Kier molecular flexibility index (Phi) is 4.07. The van der Waals surface area contributed by atoms with Gasteiger partial charge in [0.15, 0.2) is 0 Å². The van der Waals surface area contributed by atoms with Gasteiger partial charge in [0, 0.05) is 11.8 Å². The van der Waals surface area contributed by atoms with Crippen molar-refractivity contribution in [3.8, 4) is 0 Å². The van der Waals surface area contributed by atoms with Gasteiger partial charge in [-0.1, -0.05) is 18.2 Å². The van der Waals surface area contributed by atoms with Gasteiger partial charge in [0.1, 0.15) is 5.82 Å². The lowest BCUT2D eigenvalue weighted by Gasteiger charge is -2.05. The molecule has 5 heteroatoms. The van der Waals surface area contributed by atoms with Crippen LogP contribution in [0.4, 0.5) is 5.82 Å². The summed E-state index contributed by atoms with van der Waals surface area (Å²) >= 11 is 0. The van der Waals surface area contributed by atoms with E-state index in [1.807, 2.05) is 30.3 Å². The molecule has 0 aliphatic carbocycles. The van der Waals surface area contributed by atoms with Crippen molar-refractivity contribution >= 4 is 28.6 Å². The van der Waals surface area contributed by atoms with Crippen LogP contribution in [0.5, 0.6) is 0 Å². The quantitative estimate of drug-likeness (QED) is 0.853. The molecule has 0 saturated heterocycles. The van der Waals surface area contributed by atoms with E-state index in [0.717, 1.165) is 10.9 Å². The fourth-order valence-corrected chi connectivity index (χ4v) is 1.66. The number of anilines is 1. The highest BCUT2D eigenvalue weighted by molar-refractivity contribution is 5.93. The Morgan fingerprint density at radius 3 is 2.74 bits per heavy atom. The van der Waals surface area contributed by atoms with Crippen LogP contribution in [0, 0.1) is 0 Å². The van der Waals surface area contributed by atoms with E-state index >= 15 is 0 Å². The first-order valence-electron chi connectivity index (χ1n) is 5.91. The third-order valence-electron chi connectivity index (χ3n) is 2.65. The van der Waals surface area contributed by atoms with Gasteiger partial charge < -0.3 is 10.1 Å². The van der Waals surface area contributed by atoms with Crippen LogP contribution < -0.4 is 5.32 Å². The molecule has 0 unspecified atom stereocenters. The van der Waals surface area contributed by atoms with Crippen LogP contribution in [-0.2, 0) is 14.3 Å². The Labute approximate surface area is 110 Å². The molecule has 5 nitrogen and oxygen atoms in total. The van der Waals surface area contributed by atoms with Crippen molar-refractivity contribution < 1.29 is 14.3 Å². The monoisotopic (exact) mass is 258 g/mol. The van der Waals surface area contributed by atoms with Gasteiger partial charge >= 0.3 is 5.97 Å². The molecule has 0 spiro atoms. The number of para-hydroxylation sites is 1. The maximum atomic E-state index is 11.6. The molecule has 1 heterocycles. The number of hydrogen-bond acceptors (Lipinski definition) is 4. The summed E-state index contributed by atoms with van der Waals surface area (Å²) in [5.74, 6) is -0.177. The Bertz CT molecular complexity index is 610. The molecule has 1 aromatic carbocycles. The van der Waals surface area contributed by atoms with Gasteiger partial charge in [-0.15, -0.1) is 0 Å². The number of pyridine rings is 1. The van der Waals surface area contributed by atoms with Gasteiger partial charge in [-0.2, -0.15) is 0 Å². The van der Waals surface area contributed by atoms with E-state index in [-0.39, 0.29) is 18.7 Å². The minimum Gasteiger partial charge on any atom is -0.469 e. The largest absolute Gasteiger partial charge is 0.469 e. The van der Waals surface area contributed by atoms with Crippen LogP contribution in [0.15, 0.2) is 36.4 Å². The maximum absolute atomic E-state index is 11.6. The van der Waals surface area contributed by atoms with E-state index < -0.39 is 5.97 Å². The van der Waals surface area contributed by atoms with Crippen molar-refractivity contribution in [2.75, 3.05) is 12.4 Å². The second-order valence-corrected chi connectivity index (χ2v) is 4.01. The van der Waals surface area contributed by atoms with Crippen LogP contribution in [0.1, 0.15) is 12.8 Å². The van der Waals surface area contributed by atoms with E-state index in [9.17, 15) is 9.59 Å². The number of aromatic nitrogens is 1. The molecule has 0 bridgehead atoms. The van der Waals surface area contributed by atoms with Crippen LogP contribution in [0.2, 0.25) is 0 Å². The number of methoxy groups -OCH3 is 1. The first kappa shape index (κ1) is 13.0. The second-order valence-electron chi connectivity index (χ2n) is 4.01. The normalized spacial score (nSPS) is 10.2. The number of carbonyl (C=O) groups is 2. The van der Waals surface area contributed by atoms with Crippen molar-refractivity contribution in [2.24, 2.45) is 0 Å². The number of fused-ring (bicyclic) bond motifs is 1. The zero-order valence-electron chi connectivity index (χ0n) is 10.6. The summed E-state index contributed by atoms with van der Waals surface area (Å²) in [5.41, 5.74) is 0.813. The number of hydrogen-bond donors (Lipinski definition) is 1. The average molecular weight is 258 g/mol. The minimum absolute atomic E-state index is 0.0654. The number of nitrogens with zero attached hydrogens (tertiary/aromatic N) is 1. The Morgan fingerprint density at radius 2 is 1.95 bits per heavy atom. The van der Waals surface area contributed by atoms with Crippen molar-refractivity contribution in [2.45, 2.75) is 12.8 Å². The lowest BCUT2D eigenvalue weighted by atomic mass is 10.2. The molecule has 1 aromatic heterocycles. The molecule has 0 saturated carbocycles. The molecule has 1 amide bonds. The minimum atomic E-state index is -0.401. The molecule has 0 aliphatic rings. The third kappa shape index (κ3) is 3.51. The molecule has 98 valence electrons. The van der Waals surface area contributed by atoms with Gasteiger partial charge in [-0.25, -0.2) is 4.98 Å². The first-order chi connectivity index (χ1) is 9.19. The molecule has 0 atom stereocenters.